The first-order valence-corrected chi connectivity index (χ1v) is 6.92. The first-order valence-electron chi connectivity index (χ1n) is 6.92. The maximum Gasteiger partial charge on any atom is 0.280 e. The Bertz CT molecular complexity index is 641. The number of nitrogens with zero attached hydrogens (tertiary/aromatic N) is 2. The van der Waals surface area contributed by atoms with E-state index < -0.39 is 0 Å². The molecule has 1 saturated heterocycles. The summed E-state index contributed by atoms with van der Waals surface area (Å²) in [5, 5.41) is 4.11. The molecule has 100 valence electrons. The maximum atomic E-state index is 11.9. The molecule has 0 radical (unpaired) electrons. The zero-order valence-electron chi connectivity index (χ0n) is 11.2. The highest BCUT2D eigenvalue weighted by Crippen LogP contribution is 2.18. The third-order valence-corrected chi connectivity index (χ3v) is 3.98. The lowest BCUT2D eigenvalue weighted by Gasteiger charge is -2.25. The summed E-state index contributed by atoms with van der Waals surface area (Å²) in [6.45, 7) is 5.07. The van der Waals surface area contributed by atoms with Crippen molar-refractivity contribution in [1.29, 1.82) is 0 Å². The van der Waals surface area contributed by atoms with E-state index in [1.165, 1.54) is 12.8 Å². The van der Waals surface area contributed by atoms with Gasteiger partial charge in [-0.25, -0.2) is 0 Å². The largest absolute Gasteiger partial charge is 0.329 e. The maximum absolute atomic E-state index is 11.9. The molecule has 1 aromatic carbocycles. The molecular formula is C15H19N3O. The Kier molecular flexibility index (Phi) is 3.34. The van der Waals surface area contributed by atoms with E-state index >= 15 is 0 Å². The number of aryl methyl sites for hydroxylation is 1. The van der Waals surface area contributed by atoms with Gasteiger partial charge in [0.05, 0.1) is 10.9 Å². The molecule has 0 unspecified atom stereocenters. The van der Waals surface area contributed by atoms with Gasteiger partial charge in [-0.15, -0.1) is 0 Å². The fourth-order valence-corrected chi connectivity index (χ4v) is 2.88. The summed E-state index contributed by atoms with van der Waals surface area (Å²) in [6.07, 6.45) is 2.39. The molecule has 1 aromatic heterocycles. The van der Waals surface area contributed by atoms with Gasteiger partial charge in [0.2, 0.25) is 0 Å². The molecule has 0 saturated carbocycles. The zero-order chi connectivity index (χ0) is 13.2. The van der Waals surface area contributed by atoms with Gasteiger partial charge in [0, 0.05) is 6.54 Å². The molecule has 1 aliphatic rings. The number of para-hydroxylation sites is 1. The molecule has 2 heterocycles. The van der Waals surface area contributed by atoms with Gasteiger partial charge in [-0.05, 0) is 50.9 Å². The summed E-state index contributed by atoms with van der Waals surface area (Å²) in [5.74, 6) is 1.50. The van der Waals surface area contributed by atoms with Gasteiger partial charge in [0.15, 0.2) is 0 Å². The van der Waals surface area contributed by atoms with Crippen LogP contribution in [-0.2, 0) is 6.54 Å². The molecule has 1 N–H and O–H groups in total. The normalized spacial score (nSPS) is 16.9. The Hall–Kier alpha value is -1.68. The van der Waals surface area contributed by atoms with E-state index in [-0.39, 0.29) is 5.56 Å². The molecule has 4 heteroatoms. The average Bonchev–Trinajstić information content (AvgIpc) is 2.45. The van der Waals surface area contributed by atoms with Crippen LogP contribution in [0.5, 0.6) is 0 Å². The SMILES string of the molecule is Cc1nc(=O)c2ccccc2n1CC1CCNCC1. The van der Waals surface area contributed by atoms with E-state index in [1.807, 2.05) is 31.2 Å². The van der Waals surface area contributed by atoms with Crippen molar-refractivity contribution in [3.63, 3.8) is 0 Å². The van der Waals surface area contributed by atoms with Crippen LogP contribution in [0.2, 0.25) is 0 Å². The van der Waals surface area contributed by atoms with Crippen molar-refractivity contribution in [2.45, 2.75) is 26.3 Å². The van der Waals surface area contributed by atoms with Crippen LogP contribution in [0.4, 0.5) is 0 Å². The summed E-state index contributed by atoms with van der Waals surface area (Å²) < 4.78 is 2.20. The van der Waals surface area contributed by atoms with Crippen molar-refractivity contribution < 1.29 is 0 Å². The molecule has 1 aliphatic heterocycles. The van der Waals surface area contributed by atoms with Crippen LogP contribution >= 0.6 is 0 Å². The number of hydrogen-bond acceptors (Lipinski definition) is 3. The van der Waals surface area contributed by atoms with E-state index in [1.54, 1.807) is 0 Å². The van der Waals surface area contributed by atoms with Crippen LogP contribution in [0, 0.1) is 12.8 Å². The highest BCUT2D eigenvalue weighted by atomic mass is 16.1. The first kappa shape index (κ1) is 12.4. The molecule has 19 heavy (non-hydrogen) atoms. The van der Waals surface area contributed by atoms with Gasteiger partial charge in [-0.2, -0.15) is 4.98 Å². The van der Waals surface area contributed by atoms with E-state index in [0.29, 0.717) is 5.92 Å². The zero-order valence-corrected chi connectivity index (χ0v) is 11.2. The average molecular weight is 257 g/mol. The summed E-state index contributed by atoms with van der Waals surface area (Å²) >= 11 is 0. The number of fused-ring (bicyclic) bond motifs is 1. The quantitative estimate of drug-likeness (QED) is 0.891. The van der Waals surface area contributed by atoms with Gasteiger partial charge in [0.1, 0.15) is 5.82 Å². The van der Waals surface area contributed by atoms with Crippen LogP contribution in [0.25, 0.3) is 10.9 Å². The molecule has 0 spiro atoms. The van der Waals surface area contributed by atoms with E-state index in [0.717, 1.165) is 36.4 Å². The monoisotopic (exact) mass is 257 g/mol. The molecule has 0 amide bonds. The fraction of sp³-hybridized carbons (Fsp3) is 0.467. The number of rotatable bonds is 2. The van der Waals surface area contributed by atoms with Crippen LogP contribution in [0.15, 0.2) is 29.1 Å². The molecule has 0 aliphatic carbocycles. The van der Waals surface area contributed by atoms with Crippen LogP contribution in [0.3, 0.4) is 0 Å². The highest BCUT2D eigenvalue weighted by Gasteiger charge is 2.16. The third-order valence-electron chi connectivity index (χ3n) is 3.98. The topological polar surface area (TPSA) is 46.9 Å². The van der Waals surface area contributed by atoms with Gasteiger partial charge < -0.3 is 9.88 Å². The fourth-order valence-electron chi connectivity index (χ4n) is 2.88. The van der Waals surface area contributed by atoms with Gasteiger partial charge >= 0.3 is 0 Å². The van der Waals surface area contributed by atoms with E-state index in [4.69, 9.17) is 0 Å². The minimum Gasteiger partial charge on any atom is -0.329 e. The van der Waals surface area contributed by atoms with E-state index in [2.05, 4.69) is 14.9 Å². The van der Waals surface area contributed by atoms with E-state index in [9.17, 15) is 4.79 Å². The van der Waals surface area contributed by atoms with Gasteiger partial charge in [-0.1, -0.05) is 12.1 Å². The van der Waals surface area contributed by atoms with Crippen molar-refractivity contribution in [3.8, 4) is 0 Å². The summed E-state index contributed by atoms with van der Waals surface area (Å²) in [5.41, 5.74) is 0.896. The minimum atomic E-state index is -0.116. The Morgan fingerprint density at radius 3 is 2.84 bits per heavy atom. The minimum absolute atomic E-state index is 0.116. The smallest absolute Gasteiger partial charge is 0.280 e. The molecule has 0 atom stereocenters. The van der Waals surface area contributed by atoms with Crippen LogP contribution in [-0.4, -0.2) is 22.6 Å². The van der Waals surface area contributed by atoms with Gasteiger partial charge in [-0.3, -0.25) is 4.79 Å². The lowest BCUT2D eigenvalue weighted by atomic mass is 9.98. The van der Waals surface area contributed by atoms with Crippen molar-refractivity contribution in [3.05, 3.63) is 40.4 Å². The number of piperidine rings is 1. The first-order chi connectivity index (χ1) is 9.25. The summed E-state index contributed by atoms with van der Waals surface area (Å²) in [6, 6.07) is 7.77. The second kappa shape index (κ2) is 5.13. The lowest BCUT2D eigenvalue weighted by molar-refractivity contribution is 0.333. The molecule has 0 bridgehead atoms. The predicted molar refractivity (Wildman–Crippen MR) is 76.3 cm³/mol. The van der Waals surface area contributed by atoms with Crippen molar-refractivity contribution in [2.75, 3.05) is 13.1 Å². The Morgan fingerprint density at radius 1 is 1.32 bits per heavy atom. The van der Waals surface area contributed by atoms with Crippen molar-refractivity contribution in [1.82, 2.24) is 14.9 Å². The number of hydrogen-bond donors (Lipinski definition) is 1. The Balaban J connectivity index is 2.04. The van der Waals surface area contributed by atoms with Gasteiger partial charge in [0.25, 0.3) is 5.56 Å². The van der Waals surface area contributed by atoms with Crippen LogP contribution in [0.1, 0.15) is 18.7 Å². The number of aromatic nitrogens is 2. The number of nitrogens with one attached hydrogen (secondary N) is 1. The highest BCUT2D eigenvalue weighted by molar-refractivity contribution is 5.78. The third kappa shape index (κ3) is 2.40. The standard InChI is InChI=1S/C15H19N3O/c1-11-17-15(19)13-4-2-3-5-14(13)18(11)10-12-6-8-16-9-7-12/h2-5,12,16H,6-10H2,1H3. The molecule has 2 aromatic rings. The molecule has 4 nitrogen and oxygen atoms in total. The Labute approximate surface area is 112 Å². The van der Waals surface area contributed by atoms with Crippen LogP contribution < -0.4 is 10.9 Å². The van der Waals surface area contributed by atoms with Crippen molar-refractivity contribution in [2.24, 2.45) is 5.92 Å². The molecule has 1 fully saturated rings. The second-order valence-corrected chi connectivity index (χ2v) is 5.29. The number of benzene rings is 1. The predicted octanol–water partition coefficient (Wildman–Crippen LogP) is 1.70. The lowest BCUT2D eigenvalue weighted by Crippen LogP contribution is -2.31. The summed E-state index contributed by atoms with van der Waals surface area (Å²) in [4.78, 5) is 16.1. The molecule has 3 rings (SSSR count). The second-order valence-electron chi connectivity index (χ2n) is 5.29. The Morgan fingerprint density at radius 2 is 2.05 bits per heavy atom. The molecular weight excluding hydrogens is 238 g/mol. The summed E-state index contributed by atoms with van der Waals surface area (Å²) in [7, 11) is 0. The van der Waals surface area contributed by atoms with Crippen molar-refractivity contribution >= 4 is 10.9 Å².